The Morgan fingerprint density at radius 1 is 1.10 bits per heavy atom. The number of methoxy groups -OCH3 is 1. The highest BCUT2D eigenvalue weighted by atomic mass is 19.1. The van der Waals surface area contributed by atoms with Gasteiger partial charge in [-0.05, 0) is 86.8 Å². The molecule has 39 heavy (non-hydrogen) atoms. The van der Waals surface area contributed by atoms with Gasteiger partial charge < -0.3 is 19.1 Å². The molecule has 2 aromatic carbocycles. The Bertz CT molecular complexity index is 1290. The molecule has 0 amide bonds. The molecule has 7 nitrogen and oxygen atoms in total. The number of rotatable bonds is 11. The first-order valence-corrected chi connectivity index (χ1v) is 13.9. The van der Waals surface area contributed by atoms with Crippen LogP contribution in [0.5, 0.6) is 11.5 Å². The van der Waals surface area contributed by atoms with Crippen LogP contribution in [0.25, 0.3) is 11.3 Å². The number of piperidine rings is 1. The molecule has 0 radical (unpaired) electrons. The Kier molecular flexibility index (Phi) is 8.59. The van der Waals surface area contributed by atoms with Crippen molar-refractivity contribution in [3.63, 3.8) is 0 Å². The highest BCUT2D eigenvalue weighted by Crippen LogP contribution is 2.45. The Balaban J connectivity index is 1.37. The predicted molar refractivity (Wildman–Crippen MR) is 148 cm³/mol. The van der Waals surface area contributed by atoms with Gasteiger partial charge >= 0.3 is 5.97 Å². The van der Waals surface area contributed by atoms with E-state index in [1.54, 1.807) is 25.4 Å². The van der Waals surface area contributed by atoms with E-state index in [2.05, 4.69) is 16.0 Å². The van der Waals surface area contributed by atoms with Crippen molar-refractivity contribution in [3.8, 4) is 22.8 Å². The van der Waals surface area contributed by atoms with Crippen LogP contribution in [-0.4, -0.2) is 42.7 Å². The maximum atomic E-state index is 14.9. The summed E-state index contributed by atoms with van der Waals surface area (Å²) in [6.45, 7) is 4.15. The van der Waals surface area contributed by atoms with Gasteiger partial charge in [-0.15, -0.1) is 0 Å². The molecule has 1 saturated heterocycles. The Morgan fingerprint density at radius 3 is 2.67 bits per heavy atom. The minimum atomic E-state index is -0.364. The molecule has 206 valence electrons. The topological polar surface area (TPSA) is 73.8 Å². The molecule has 3 aromatic rings. The van der Waals surface area contributed by atoms with Crippen LogP contribution in [0.4, 0.5) is 10.2 Å². The average molecular weight is 534 g/mol. The maximum Gasteiger partial charge on any atom is 0.306 e. The van der Waals surface area contributed by atoms with Crippen LogP contribution in [0.15, 0.2) is 48.7 Å². The fraction of sp³-hybridized carbons (Fsp3) is 0.452. The third-order valence-corrected chi connectivity index (χ3v) is 7.44. The average Bonchev–Trinajstić information content (AvgIpc) is 3.81. The van der Waals surface area contributed by atoms with Gasteiger partial charge in [0.25, 0.3) is 0 Å². The molecule has 1 unspecified atom stereocenters. The van der Waals surface area contributed by atoms with E-state index in [-0.39, 0.29) is 24.3 Å². The molecule has 0 N–H and O–H groups in total. The van der Waals surface area contributed by atoms with Crippen LogP contribution in [0.3, 0.4) is 0 Å². The number of carbonyl (C=O) groups is 1. The van der Waals surface area contributed by atoms with Crippen LogP contribution < -0.4 is 14.4 Å². The molecular weight excluding hydrogens is 497 g/mol. The molecule has 2 fully saturated rings. The Hall–Kier alpha value is -3.68. The van der Waals surface area contributed by atoms with E-state index >= 15 is 0 Å². The van der Waals surface area contributed by atoms with E-state index in [0.717, 1.165) is 44.3 Å². The summed E-state index contributed by atoms with van der Waals surface area (Å²) in [7, 11) is 1.56. The quantitative estimate of drug-likeness (QED) is 0.268. The molecule has 0 bridgehead atoms. The highest BCUT2D eigenvalue weighted by molar-refractivity contribution is 5.74. The summed E-state index contributed by atoms with van der Waals surface area (Å²) in [5.74, 6) is 2.07. The van der Waals surface area contributed by atoms with Crippen molar-refractivity contribution in [1.29, 1.82) is 0 Å². The Labute approximate surface area is 229 Å². The number of carbonyl (C=O) groups excluding carboxylic acids is 1. The molecule has 1 aliphatic carbocycles. The first-order valence-electron chi connectivity index (χ1n) is 13.9. The SMILES string of the molecule is CCOC(=O)CC(c1cccc(OCc2cnc(-c3cc(OC)ccc3F)c(N3CCCCC3)n2)c1)C1CC1. The number of halogens is 1. The zero-order valence-electron chi connectivity index (χ0n) is 22.7. The zero-order valence-corrected chi connectivity index (χ0v) is 22.7. The first-order chi connectivity index (χ1) is 19.1. The van der Waals surface area contributed by atoms with Crippen molar-refractivity contribution in [3.05, 3.63) is 65.7 Å². The van der Waals surface area contributed by atoms with E-state index < -0.39 is 0 Å². The minimum Gasteiger partial charge on any atom is -0.497 e. The van der Waals surface area contributed by atoms with Crippen molar-refractivity contribution < 1.29 is 23.4 Å². The number of benzene rings is 2. The maximum absolute atomic E-state index is 14.9. The molecule has 1 aliphatic heterocycles. The van der Waals surface area contributed by atoms with E-state index in [4.69, 9.17) is 19.2 Å². The van der Waals surface area contributed by atoms with Gasteiger partial charge in [0.2, 0.25) is 0 Å². The van der Waals surface area contributed by atoms with E-state index in [9.17, 15) is 9.18 Å². The second kappa shape index (κ2) is 12.5. The van der Waals surface area contributed by atoms with Crippen LogP contribution >= 0.6 is 0 Å². The predicted octanol–water partition coefficient (Wildman–Crippen LogP) is 6.31. The van der Waals surface area contributed by atoms with Gasteiger partial charge in [0.15, 0.2) is 5.82 Å². The van der Waals surface area contributed by atoms with E-state index in [1.807, 2.05) is 25.1 Å². The lowest BCUT2D eigenvalue weighted by Gasteiger charge is -2.29. The second-order valence-electron chi connectivity index (χ2n) is 10.2. The van der Waals surface area contributed by atoms with Gasteiger partial charge in [0.05, 0.1) is 32.0 Å². The Morgan fingerprint density at radius 2 is 1.92 bits per heavy atom. The number of aromatic nitrogens is 2. The van der Waals surface area contributed by atoms with Crippen LogP contribution in [0.1, 0.15) is 62.6 Å². The van der Waals surface area contributed by atoms with Gasteiger partial charge in [-0.1, -0.05) is 12.1 Å². The molecule has 2 aliphatic rings. The number of ether oxygens (including phenoxy) is 3. The number of esters is 1. The molecule has 1 atom stereocenters. The zero-order chi connectivity index (χ0) is 27.2. The number of anilines is 1. The number of nitrogens with zero attached hydrogens (tertiary/aromatic N) is 3. The second-order valence-corrected chi connectivity index (χ2v) is 10.2. The van der Waals surface area contributed by atoms with Crippen LogP contribution in [-0.2, 0) is 16.1 Å². The van der Waals surface area contributed by atoms with Crippen LogP contribution in [0, 0.1) is 11.7 Å². The molecule has 1 aromatic heterocycles. The van der Waals surface area contributed by atoms with Gasteiger partial charge in [-0.3, -0.25) is 9.78 Å². The largest absolute Gasteiger partial charge is 0.497 e. The van der Waals surface area contributed by atoms with Gasteiger partial charge in [-0.2, -0.15) is 0 Å². The van der Waals surface area contributed by atoms with Crippen molar-refractivity contribution in [2.75, 3.05) is 31.7 Å². The summed E-state index contributed by atoms with van der Waals surface area (Å²) in [5.41, 5.74) is 2.63. The minimum absolute atomic E-state index is 0.134. The van der Waals surface area contributed by atoms with Gasteiger partial charge in [0, 0.05) is 18.7 Å². The summed E-state index contributed by atoms with van der Waals surface area (Å²) in [6, 6.07) is 12.6. The lowest BCUT2D eigenvalue weighted by atomic mass is 9.91. The van der Waals surface area contributed by atoms with E-state index in [1.165, 1.54) is 12.5 Å². The molecule has 0 spiro atoms. The van der Waals surface area contributed by atoms with Crippen LogP contribution in [0.2, 0.25) is 0 Å². The summed E-state index contributed by atoms with van der Waals surface area (Å²) in [6.07, 6.45) is 7.58. The van der Waals surface area contributed by atoms with Gasteiger partial charge in [-0.25, -0.2) is 9.37 Å². The number of hydrogen-bond donors (Lipinski definition) is 0. The molecule has 8 heteroatoms. The summed E-state index contributed by atoms with van der Waals surface area (Å²) in [5, 5.41) is 0. The lowest BCUT2D eigenvalue weighted by molar-refractivity contribution is -0.143. The summed E-state index contributed by atoms with van der Waals surface area (Å²) < 4.78 is 31.6. The van der Waals surface area contributed by atoms with Crippen molar-refractivity contribution in [1.82, 2.24) is 9.97 Å². The normalized spacial score (nSPS) is 16.0. The highest BCUT2D eigenvalue weighted by Gasteiger charge is 2.34. The molecule has 1 saturated carbocycles. The van der Waals surface area contributed by atoms with Crippen molar-refractivity contribution in [2.45, 2.75) is 58.0 Å². The lowest BCUT2D eigenvalue weighted by Crippen LogP contribution is -2.31. The van der Waals surface area contributed by atoms with E-state index in [0.29, 0.717) is 53.2 Å². The molecule has 2 heterocycles. The first kappa shape index (κ1) is 26.9. The standard InChI is InChI=1S/C31H36FN3O4/c1-3-38-29(36)18-26(21-10-11-21)22-8-7-9-25(16-22)39-20-23-19-33-30(27-17-24(37-2)12-13-28(27)32)31(34-23)35-14-5-4-6-15-35/h7-9,12-13,16-17,19,21,26H,3-6,10-11,14-15,18,20H2,1-2H3. The van der Waals surface area contributed by atoms with Gasteiger partial charge in [0.1, 0.15) is 29.6 Å². The fourth-order valence-corrected chi connectivity index (χ4v) is 5.26. The van der Waals surface area contributed by atoms with Crippen molar-refractivity contribution >= 4 is 11.8 Å². The molecular formula is C31H36FN3O4. The molecule has 5 rings (SSSR count). The summed E-state index contributed by atoms with van der Waals surface area (Å²) in [4.78, 5) is 24.0. The number of hydrogen-bond acceptors (Lipinski definition) is 7. The third kappa shape index (κ3) is 6.67. The monoisotopic (exact) mass is 533 g/mol. The fourth-order valence-electron chi connectivity index (χ4n) is 5.26. The summed E-state index contributed by atoms with van der Waals surface area (Å²) >= 11 is 0. The smallest absolute Gasteiger partial charge is 0.306 e. The third-order valence-electron chi connectivity index (χ3n) is 7.44. The van der Waals surface area contributed by atoms with Crippen molar-refractivity contribution in [2.24, 2.45) is 5.92 Å².